The molecule has 4 unspecified atom stereocenters. The quantitative estimate of drug-likeness (QED) is 0.0552. The van der Waals surface area contributed by atoms with E-state index in [0.717, 1.165) is 35.1 Å². The Morgan fingerprint density at radius 2 is 1.04 bits per heavy atom. The van der Waals surface area contributed by atoms with Crippen molar-refractivity contribution in [2.75, 3.05) is 26.7 Å². The minimum atomic E-state index is -2.82. The summed E-state index contributed by atoms with van der Waals surface area (Å²) in [6.45, 7) is 4.48. The average molecular weight is 718 g/mol. The van der Waals surface area contributed by atoms with Crippen molar-refractivity contribution in [1.82, 2.24) is 10.6 Å². The Balaban J connectivity index is 1.06. The van der Waals surface area contributed by atoms with Gasteiger partial charge in [-0.15, -0.1) is 0 Å². The summed E-state index contributed by atoms with van der Waals surface area (Å²) in [5.41, 5.74) is 3.74. The Morgan fingerprint density at radius 1 is 0.646 bits per heavy atom. The van der Waals surface area contributed by atoms with E-state index in [1.165, 1.54) is 0 Å². The SMILES string of the molecule is CC(Cc1ccc(OCO[PH](=O)OCOc2ccc(CC(C)NCC(O)c3cccc(Cl)c3)cc2)cc1)NCC(O)c1cccc(Cl)c1. The fraction of sp³-hybridized carbons (Fsp3) is 0.333. The number of hydrogen-bond donors (Lipinski definition) is 4. The fourth-order valence-corrected chi connectivity index (χ4v) is 5.71. The summed E-state index contributed by atoms with van der Waals surface area (Å²) >= 11 is 12.0. The molecule has 48 heavy (non-hydrogen) atoms. The maximum atomic E-state index is 12.1. The van der Waals surface area contributed by atoms with Crippen molar-refractivity contribution >= 4 is 31.5 Å². The van der Waals surface area contributed by atoms with Gasteiger partial charge < -0.3 is 30.3 Å². The first-order valence-electron chi connectivity index (χ1n) is 15.7. The second-order valence-corrected chi connectivity index (χ2v) is 13.5. The molecule has 0 aliphatic heterocycles. The molecule has 9 nitrogen and oxygen atoms in total. The minimum Gasteiger partial charge on any atom is -0.467 e. The highest BCUT2D eigenvalue weighted by Gasteiger charge is 2.12. The highest BCUT2D eigenvalue weighted by atomic mass is 35.5. The van der Waals surface area contributed by atoms with Crippen molar-refractivity contribution < 1.29 is 33.3 Å². The van der Waals surface area contributed by atoms with Crippen LogP contribution in [0.4, 0.5) is 0 Å². The molecule has 258 valence electrons. The van der Waals surface area contributed by atoms with Crippen molar-refractivity contribution in [3.05, 3.63) is 129 Å². The highest BCUT2D eigenvalue weighted by Crippen LogP contribution is 2.25. The lowest BCUT2D eigenvalue weighted by Gasteiger charge is -2.18. The van der Waals surface area contributed by atoms with Crippen molar-refractivity contribution in [1.29, 1.82) is 0 Å². The molecule has 0 heterocycles. The second-order valence-electron chi connectivity index (χ2n) is 11.5. The zero-order valence-corrected chi connectivity index (χ0v) is 29.5. The number of benzene rings is 4. The van der Waals surface area contributed by atoms with Crippen molar-refractivity contribution in [3.8, 4) is 11.5 Å². The Labute approximate surface area is 293 Å². The molecule has 4 atom stereocenters. The third kappa shape index (κ3) is 13.5. The van der Waals surface area contributed by atoms with Gasteiger partial charge in [-0.3, -0.25) is 13.6 Å². The van der Waals surface area contributed by atoms with Crippen LogP contribution in [-0.4, -0.2) is 49.0 Å². The first-order valence-corrected chi connectivity index (χ1v) is 17.7. The second kappa shape index (κ2) is 19.9. The van der Waals surface area contributed by atoms with Crippen LogP contribution in [-0.2, 0) is 26.5 Å². The molecular formula is C36H43Cl2N2O7P. The molecule has 0 spiro atoms. The van der Waals surface area contributed by atoms with E-state index in [1.807, 2.05) is 72.8 Å². The summed E-state index contributed by atoms with van der Waals surface area (Å²) in [5.74, 6) is 1.15. The van der Waals surface area contributed by atoms with Gasteiger partial charge in [0.05, 0.1) is 12.2 Å². The molecule has 0 saturated heterocycles. The maximum Gasteiger partial charge on any atom is 0.324 e. The molecular weight excluding hydrogens is 674 g/mol. The van der Waals surface area contributed by atoms with Gasteiger partial charge in [-0.05, 0) is 97.5 Å². The van der Waals surface area contributed by atoms with Crippen LogP contribution in [0.25, 0.3) is 0 Å². The molecule has 4 aromatic carbocycles. The molecule has 12 heteroatoms. The Morgan fingerprint density at radius 3 is 1.42 bits per heavy atom. The summed E-state index contributed by atoms with van der Waals surface area (Å²) < 4.78 is 33.5. The molecule has 0 aliphatic rings. The van der Waals surface area contributed by atoms with Crippen LogP contribution in [0, 0.1) is 0 Å². The van der Waals surface area contributed by atoms with Crippen LogP contribution in [0.1, 0.15) is 48.3 Å². The van der Waals surface area contributed by atoms with Gasteiger partial charge in [-0.2, -0.15) is 0 Å². The van der Waals surface area contributed by atoms with E-state index < -0.39 is 20.5 Å². The van der Waals surface area contributed by atoms with E-state index >= 15 is 0 Å². The van der Waals surface area contributed by atoms with Crippen LogP contribution in [0.5, 0.6) is 11.5 Å². The van der Waals surface area contributed by atoms with E-state index in [2.05, 4.69) is 24.5 Å². The number of hydrogen-bond acceptors (Lipinski definition) is 9. The van der Waals surface area contributed by atoms with Gasteiger partial charge in [0.2, 0.25) is 0 Å². The maximum absolute atomic E-state index is 12.1. The van der Waals surface area contributed by atoms with Crippen LogP contribution in [0.2, 0.25) is 10.0 Å². The molecule has 0 fully saturated rings. The van der Waals surface area contributed by atoms with Gasteiger partial charge in [-0.1, -0.05) is 71.7 Å². The zero-order valence-electron chi connectivity index (χ0n) is 27.0. The smallest absolute Gasteiger partial charge is 0.324 e. The van der Waals surface area contributed by atoms with Crippen LogP contribution in [0.3, 0.4) is 0 Å². The van der Waals surface area contributed by atoms with Gasteiger partial charge >= 0.3 is 8.25 Å². The lowest BCUT2D eigenvalue weighted by Crippen LogP contribution is -2.32. The Bertz CT molecular complexity index is 1450. The first-order chi connectivity index (χ1) is 23.1. The van der Waals surface area contributed by atoms with Gasteiger partial charge in [0.1, 0.15) is 11.5 Å². The zero-order chi connectivity index (χ0) is 34.3. The minimum absolute atomic E-state index is 0.134. The number of aliphatic hydroxyl groups is 2. The molecule has 0 aromatic heterocycles. The molecule has 0 radical (unpaired) electrons. The molecule has 0 saturated carbocycles. The third-order valence-electron chi connectivity index (χ3n) is 7.52. The monoisotopic (exact) mass is 716 g/mol. The van der Waals surface area contributed by atoms with Gasteiger partial charge in [0.25, 0.3) is 0 Å². The first kappa shape index (κ1) is 37.9. The van der Waals surface area contributed by atoms with E-state index in [0.29, 0.717) is 34.6 Å². The third-order valence-corrected chi connectivity index (χ3v) is 8.70. The molecule has 4 rings (SSSR count). The van der Waals surface area contributed by atoms with E-state index in [4.69, 9.17) is 41.7 Å². The van der Waals surface area contributed by atoms with Gasteiger partial charge in [-0.25, -0.2) is 0 Å². The average Bonchev–Trinajstić information content (AvgIpc) is 3.07. The van der Waals surface area contributed by atoms with Gasteiger partial charge in [0.15, 0.2) is 13.6 Å². The number of ether oxygens (including phenoxy) is 2. The summed E-state index contributed by atoms with van der Waals surface area (Å²) in [4.78, 5) is 0. The number of halogens is 2. The molecule has 0 amide bonds. The molecule has 4 N–H and O–H groups in total. The molecule has 0 bridgehead atoms. The standard InChI is InChI=1S/C36H43Cl2N2O7P/c1-25(39-21-35(41)29-5-3-7-31(37)19-29)17-27-9-13-33(14-10-27)44-23-46-48(43)47-24-45-34-15-11-28(12-16-34)18-26(2)40-22-36(42)30-6-4-8-32(38)20-30/h3-16,19-20,25-26,35-36,39-42,48H,17-18,21-24H2,1-2H3. The Kier molecular flexibility index (Phi) is 15.7. The normalized spacial score (nSPS) is 14.5. The van der Waals surface area contributed by atoms with Crippen LogP contribution < -0.4 is 20.1 Å². The van der Waals surface area contributed by atoms with E-state index in [1.54, 1.807) is 24.3 Å². The summed E-state index contributed by atoms with van der Waals surface area (Å²) in [6, 6.07) is 29.8. The summed E-state index contributed by atoms with van der Waals surface area (Å²) in [7, 11) is -2.82. The lowest BCUT2D eigenvalue weighted by atomic mass is 10.1. The fourth-order valence-electron chi connectivity index (χ4n) is 4.92. The predicted molar refractivity (Wildman–Crippen MR) is 190 cm³/mol. The largest absolute Gasteiger partial charge is 0.467 e. The number of aliphatic hydroxyl groups excluding tert-OH is 2. The van der Waals surface area contributed by atoms with E-state index in [9.17, 15) is 14.8 Å². The topological polar surface area (TPSA) is 119 Å². The highest BCUT2D eigenvalue weighted by molar-refractivity contribution is 7.33. The Hall–Kier alpha value is -2.95. The van der Waals surface area contributed by atoms with Crippen LogP contribution in [0.15, 0.2) is 97.1 Å². The summed E-state index contributed by atoms with van der Waals surface area (Å²) in [6.07, 6.45) is 0.231. The van der Waals surface area contributed by atoms with Crippen molar-refractivity contribution in [2.45, 2.75) is 51.0 Å². The number of nitrogens with one attached hydrogen (secondary N) is 2. The molecule has 0 aliphatic carbocycles. The predicted octanol–water partition coefficient (Wildman–Crippen LogP) is 7.30. The molecule has 4 aromatic rings. The van der Waals surface area contributed by atoms with Crippen molar-refractivity contribution in [3.63, 3.8) is 0 Å². The van der Waals surface area contributed by atoms with Crippen LogP contribution >= 0.6 is 31.5 Å². The van der Waals surface area contributed by atoms with Gasteiger partial charge in [0, 0.05) is 35.2 Å². The lowest BCUT2D eigenvalue weighted by molar-refractivity contribution is 0.0696. The number of rotatable bonds is 20. The van der Waals surface area contributed by atoms with Crippen molar-refractivity contribution in [2.24, 2.45) is 0 Å². The van der Waals surface area contributed by atoms with E-state index in [-0.39, 0.29) is 25.7 Å². The summed E-state index contributed by atoms with van der Waals surface area (Å²) in [5, 5.41) is 28.7.